The molecule has 0 aromatic carbocycles. The van der Waals surface area contributed by atoms with Gasteiger partial charge in [-0.05, 0) is 37.8 Å². The average Bonchev–Trinajstić information content (AvgIpc) is 2.40. The third kappa shape index (κ3) is 4.41. The smallest absolute Gasteiger partial charge is 0.223 e. The lowest BCUT2D eigenvalue weighted by atomic mass is 9.84. The van der Waals surface area contributed by atoms with Gasteiger partial charge in [-0.25, -0.2) is 0 Å². The number of nitrogens with one attached hydrogen (secondary N) is 1. The number of amides is 1. The summed E-state index contributed by atoms with van der Waals surface area (Å²) in [7, 11) is 0. The van der Waals surface area contributed by atoms with E-state index in [0.29, 0.717) is 31.5 Å². The topological polar surface area (TPSA) is 41.6 Å². The Hall–Kier alpha value is -0.320. The Labute approximate surface area is 116 Å². The van der Waals surface area contributed by atoms with Crippen molar-refractivity contribution in [2.24, 2.45) is 11.8 Å². The summed E-state index contributed by atoms with van der Waals surface area (Å²) in [6.07, 6.45) is 3.15. The first kappa shape index (κ1) is 15.7. The number of carbonyl (C=O) groups is 1. The SMILES string of the molecule is CC(CC(=O)N1CCOCC1)C1CCNCC1.Cl. The molecule has 0 aliphatic carbocycles. The first-order chi connectivity index (χ1) is 8.27. The lowest BCUT2D eigenvalue weighted by Gasteiger charge is -2.31. The number of halogens is 1. The molecule has 1 amide bonds. The van der Waals surface area contributed by atoms with E-state index in [4.69, 9.17) is 4.74 Å². The Morgan fingerprint density at radius 3 is 2.56 bits per heavy atom. The Bertz CT molecular complexity index is 251. The maximum atomic E-state index is 12.1. The van der Waals surface area contributed by atoms with Gasteiger partial charge in [-0.1, -0.05) is 6.92 Å². The molecule has 2 saturated heterocycles. The molecule has 0 saturated carbocycles. The van der Waals surface area contributed by atoms with Crippen LogP contribution in [0, 0.1) is 11.8 Å². The van der Waals surface area contributed by atoms with E-state index in [1.165, 1.54) is 12.8 Å². The van der Waals surface area contributed by atoms with Crippen LogP contribution in [0.15, 0.2) is 0 Å². The second-order valence-corrected chi connectivity index (χ2v) is 5.26. The van der Waals surface area contributed by atoms with E-state index in [2.05, 4.69) is 12.2 Å². The fourth-order valence-corrected chi connectivity index (χ4v) is 2.80. The van der Waals surface area contributed by atoms with Crippen LogP contribution in [0.2, 0.25) is 0 Å². The van der Waals surface area contributed by atoms with E-state index in [0.717, 1.165) is 32.1 Å². The fraction of sp³-hybridized carbons (Fsp3) is 0.923. The van der Waals surface area contributed by atoms with Crippen molar-refractivity contribution in [2.75, 3.05) is 39.4 Å². The van der Waals surface area contributed by atoms with Gasteiger partial charge in [0.2, 0.25) is 5.91 Å². The second-order valence-electron chi connectivity index (χ2n) is 5.26. The van der Waals surface area contributed by atoms with Gasteiger partial charge in [0.1, 0.15) is 0 Å². The molecule has 2 aliphatic rings. The molecule has 5 heteroatoms. The van der Waals surface area contributed by atoms with Gasteiger partial charge in [-0.3, -0.25) is 4.79 Å². The minimum absolute atomic E-state index is 0. The predicted octanol–water partition coefficient (Wildman–Crippen LogP) is 1.29. The number of hydrogen-bond donors (Lipinski definition) is 1. The minimum atomic E-state index is 0. The van der Waals surface area contributed by atoms with E-state index >= 15 is 0 Å². The van der Waals surface area contributed by atoms with Crippen LogP contribution < -0.4 is 5.32 Å². The number of hydrogen-bond acceptors (Lipinski definition) is 3. The third-order valence-corrected chi connectivity index (χ3v) is 4.05. The molecule has 0 spiro atoms. The van der Waals surface area contributed by atoms with E-state index in [1.807, 2.05) is 4.90 Å². The third-order valence-electron chi connectivity index (χ3n) is 4.05. The molecule has 2 aliphatic heterocycles. The summed E-state index contributed by atoms with van der Waals surface area (Å²) in [6.45, 7) is 7.41. The van der Waals surface area contributed by atoms with Crippen LogP contribution in [-0.2, 0) is 9.53 Å². The normalized spacial score (nSPS) is 23.3. The zero-order chi connectivity index (χ0) is 12.1. The average molecular weight is 277 g/mol. The zero-order valence-corrected chi connectivity index (χ0v) is 12.0. The Balaban J connectivity index is 0.00000162. The molecule has 1 unspecified atom stereocenters. The van der Waals surface area contributed by atoms with Crippen LogP contribution in [0.25, 0.3) is 0 Å². The molecule has 106 valence electrons. The maximum absolute atomic E-state index is 12.1. The highest BCUT2D eigenvalue weighted by atomic mass is 35.5. The zero-order valence-electron chi connectivity index (χ0n) is 11.2. The predicted molar refractivity (Wildman–Crippen MR) is 74.0 cm³/mol. The van der Waals surface area contributed by atoms with Gasteiger partial charge >= 0.3 is 0 Å². The Morgan fingerprint density at radius 1 is 1.33 bits per heavy atom. The highest BCUT2D eigenvalue weighted by Crippen LogP contribution is 2.24. The van der Waals surface area contributed by atoms with E-state index in [1.54, 1.807) is 0 Å². The number of morpholine rings is 1. The van der Waals surface area contributed by atoms with Gasteiger partial charge in [-0.2, -0.15) is 0 Å². The molecule has 1 N–H and O–H groups in total. The van der Waals surface area contributed by atoms with Crippen LogP contribution in [0.1, 0.15) is 26.2 Å². The second kappa shape index (κ2) is 7.97. The van der Waals surface area contributed by atoms with Crippen LogP contribution in [0.5, 0.6) is 0 Å². The number of rotatable bonds is 3. The number of ether oxygens (including phenoxy) is 1. The lowest BCUT2D eigenvalue weighted by Crippen LogP contribution is -2.42. The quantitative estimate of drug-likeness (QED) is 0.845. The van der Waals surface area contributed by atoms with Gasteiger partial charge in [0.05, 0.1) is 13.2 Å². The van der Waals surface area contributed by atoms with Crippen molar-refractivity contribution in [3.63, 3.8) is 0 Å². The Morgan fingerprint density at radius 2 is 1.94 bits per heavy atom. The summed E-state index contributed by atoms with van der Waals surface area (Å²) in [5.41, 5.74) is 0. The lowest BCUT2D eigenvalue weighted by molar-refractivity contribution is -0.136. The maximum Gasteiger partial charge on any atom is 0.223 e. The molecule has 0 radical (unpaired) electrons. The molecule has 2 heterocycles. The monoisotopic (exact) mass is 276 g/mol. The molecular weight excluding hydrogens is 252 g/mol. The van der Waals surface area contributed by atoms with Crippen LogP contribution in [-0.4, -0.2) is 50.2 Å². The van der Waals surface area contributed by atoms with E-state index < -0.39 is 0 Å². The molecule has 2 fully saturated rings. The number of nitrogens with zero attached hydrogens (tertiary/aromatic N) is 1. The van der Waals surface area contributed by atoms with Crippen LogP contribution >= 0.6 is 12.4 Å². The molecular formula is C13H25ClN2O2. The molecule has 0 aromatic heterocycles. The first-order valence-electron chi connectivity index (χ1n) is 6.83. The standard InChI is InChI=1S/C13H24N2O2.ClH/c1-11(12-2-4-14-5-3-12)10-13(16)15-6-8-17-9-7-15;/h11-12,14H,2-10H2,1H3;1H. The van der Waals surface area contributed by atoms with E-state index in [9.17, 15) is 4.79 Å². The highest BCUT2D eigenvalue weighted by molar-refractivity contribution is 5.85. The van der Waals surface area contributed by atoms with Crippen molar-refractivity contribution in [1.29, 1.82) is 0 Å². The molecule has 18 heavy (non-hydrogen) atoms. The Kier molecular flexibility index (Phi) is 6.97. The van der Waals surface area contributed by atoms with Gasteiger partial charge in [0, 0.05) is 19.5 Å². The van der Waals surface area contributed by atoms with Crippen LogP contribution in [0.3, 0.4) is 0 Å². The largest absolute Gasteiger partial charge is 0.378 e. The van der Waals surface area contributed by atoms with Gasteiger partial charge < -0.3 is 15.0 Å². The summed E-state index contributed by atoms with van der Waals surface area (Å²) in [5.74, 6) is 1.56. The van der Waals surface area contributed by atoms with Crippen molar-refractivity contribution in [3.05, 3.63) is 0 Å². The molecule has 4 nitrogen and oxygen atoms in total. The number of piperidine rings is 1. The molecule has 1 atom stereocenters. The van der Waals surface area contributed by atoms with E-state index in [-0.39, 0.29) is 12.4 Å². The first-order valence-corrected chi connectivity index (χ1v) is 6.83. The molecule has 0 aromatic rings. The van der Waals surface area contributed by atoms with Crippen molar-refractivity contribution in [1.82, 2.24) is 10.2 Å². The van der Waals surface area contributed by atoms with Gasteiger partial charge in [0.15, 0.2) is 0 Å². The van der Waals surface area contributed by atoms with Crippen molar-refractivity contribution >= 4 is 18.3 Å². The van der Waals surface area contributed by atoms with Gasteiger partial charge in [-0.15, -0.1) is 12.4 Å². The number of carbonyl (C=O) groups excluding carboxylic acids is 1. The minimum Gasteiger partial charge on any atom is -0.378 e. The van der Waals surface area contributed by atoms with Crippen LogP contribution in [0.4, 0.5) is 0 Å². The summed E-state index contributed by atoms with van der Waals surface area (Å²) >= 11 is 0. The summed E-state index contributed by atoms with van der Waals surface area (Å²) in [4.78, 5) is 14.1. The molecule has 0 bridgehead atoms. The highest BCUT2D eigenvalue weighted by Gasteiger charge is 2.24. The van der Waals surface area contributed by atoms with Crippen molar-refractivity contribution in [2.45, 2.75) is 26.2 Å². The molecule has 2 rings (SSSR count). The van der Waals surface area contributed by atoms with Crippen molar-refractivity contribution < 1.29 is 9.53 Å². The van der Waals surface area contributed by atoms with Crippen molar-refractivity contribution in [3.8, 4) is 0 Å². The summed E-state index contributed by atoms with van der Waals surface area (Å²) in [6, 6.07) is 0. The van der Waals surface area contributed by atoms with Gasteiger partial charge in [0.25, 0.3) is 0 Å². The fourth-order valence-electron chi connectivity index (χ4n) is 2.80. The summed E-state index contributed by atoms with van der Waals surface area (Å²) < 4.78 is 5.27. The summed E-state index contributed by atoms with van der Waals surface area (Å²) in [5, 5.41) is 3.37.